The van der Waals surface area contributed by atoms with E-state index < -0.39 is 11.7 Å². The zero-order valence-corrected chi connectivity index (χ0v) is 19.1. The fourth-order valence-electron chi connectivity index (χ4n) is 4.27. The van der Waals surface area contributed by atoms with Crippen LogP contribution < -0.4 is 10.2 Å². The third-order valence-corrected chi connectivity index (χ3v) is 6.31. The lowest BCUT2D eigenvalue weighted by Crippen LogP contribution is -2.41. The van der Waals surface area contributed by atoms with E-state index in [0.717, 1.165) is 5.56 Å². The van der Waals surface area contributed by atoms with Crippen molar-refractivity contribution in [2.45, 2.75) is 19.8 Å². The molecule has 2 saturated heterocycles. The molecule has 2 fully saturated rings. The van der Waals surface area contributed by atoms with Gasteiger partial charge in [-0.2, -0.15) is 0 Å². The van der Waals surface area contributed by atoms with Crippen LogP contribution in [0.5, 0.6) is 0 Å². The smallest absolute Gasteiger partial charge is 0.321 e. The maximum absolute atomic E-state index is 14.4. The van der Waals surface area contributed by atoms with Crippen LogP contribution >= 0.6 is 11.6 Å². The third kappa shape index (κ3) is 5.27. The lowest BCUT2D eigenvalue weighted by molar-refractivity contribution is -0.135. The zero-order valence-electron chi connectivity index (χ0n) is 18.4. The van der Waals surface area contributed by atoms with E-state index in [2.05, 4.69) is 5.32 Å². The van der Waals surface area contributed by atoms with Gasteiger partial charge in [0.25, 0.3) is 0 Å². The molecule has 0 aromatic heterocycles. The molecule has 2 aromatic carbocycles. The summed E-state index contributed by atoms with van der Waals surface area (Å²) >= 11 is 5.88. The Morgan fingerprint density at radius 3 is 2.45 bits per heavy atom. The quantitative estimate of drug-likeness (QED) is 0.736. The average molecular weight is 473 g/mol. The van der Waals surface area contributed by atoms with Crippen LogP contribution in [0.3, 0.4) is 0 Å². The van der Waals surface area contributed by atoms with Gasteiger partial charge in [-0.3, -0.25) is 9.59 Å². The third-order valence-electron chi connectivity index (χ3n) is 6.06. The van der Waals surface area contributed by atoms with Gasteiger partial charge in [0.2, 0.25) is 11.8 Å². The summed E-state index contributed by atoms with van der Waals surface area (Å²) < 4.78 is 14.4. The lowest BCUT2D eigenvalue weighted by Gasteiger charge is -2.25. The zero-order chi connectivity index (χ0) is 23.5. The summed E-state index contributed by atoms with van der Waals surface area (Å²) in [7, 11) is 0. The first-order valence-electron chi connectivity index (χ1n) is 11.0. The Bertz CT molecular complexity index is 1060. The van der Waals surface area contributed by atoms with Gasteiger partial charge in [-0.05, 0) is 55.3 Å². The van der Waals surface area contributed by atoms with Gasteiger partial charge in [0.15, 0.2) is 0 Å². The van der Waals surface area contributed by atoms with E-state index in [1.54, 1.807) is 53.1 Å². The number of nitrogens with zero attached hydrogens (tertiary/aromatic N) is 3. The second-order valence-electron chi connectivity index (χ2n) is 8.46. The summed E-state index contributed by atoms with van der Waals surface area (Å²) in [6.45, 7) is 3.75. The monoisotopic (exact) mass is 472 g/mol. The number of carbonyl (C=O) groups excluding carboxylic acids is 3. The van der Waals surface area contributed by atoms with Crippen LogP contribution in [0, 0.1) is 18.7 Å². The second-order valence-corrected chi connectivity index (χ2v) is 8.90. The average Bonchev–Trinajstić information content (AvgIpc) is 3.00. The van der Waals surface area contributed by atoms with Crippen molar-refractivity contribution >= 4 is 40.8 Å². The first kappa shape index (κ1) is 23.0. The van der Waals surface area contributed by atoms with Gasteiger partial charge in [0, 0.05) is 49.9 Å². The molecule has 0 bridgehead atoms. The van der Waals surface area contributed by atoms with Crippen LogP contribution in [0.25, 0.3) is 0 Å². The number of anilines is 2. The Kier molecular flexibility index (Phi) is 6.83. The van der Waals surface area contributed by atoms with E-state index in [-0.39, 0.29) is 36.5 Å². The fraction of sp³-hybridized carbons (Fsp3) is 0.375. The molecule has 2 aromatic rings. The highest BCUT2D eigenvalue weighted by Crippen LogP contribution is 2.29. The number of rotatable bonds is 3. The Morgan fingerprint density at radius 2 is 1.73 bits per heavy atom. The largest absolute Gasteiger partial charge is 0.341 e. The minimum Gasteiger partial charge on any atom is -0.341 e. The van der Waals surface area contributed by atoms with Gasteiger partial charge in [-0.25, -0.2) is 9.18 Å². The van der Waals surface area contributed by atoms with Gasteiger partial charge in [0.1, 0.15) is 5.82 Å². The van der Waals surface area contributed by atoms with Crippen LogP contribution in [0.2, 0.25) is 5.02 Å². The van der Waals surface area contributed by atoms with Crippen molar-refractivity contribution in [1.82, 2.24) is 9.80 Å². The van der Waals surface area contributed by atoms with E-state index >= 15 is 0 Å². The van der Waals surface area contributed by atoms with Gasteiger partial charge < -0.3 is 20.0 Å². The van der Waals surface area contributed by atoms with Crippen LogP contribution in [0.4, 0.5) is 20.6 Å². The molecule has 0 radical (unpaired) electrons. The number of amides is 4. The summed E-state index contributed by atoms with van der Waals surface area (Å²) in [6.07, 6.45) is 0.695. The molecule has 174 valence electrons. The van der Waals surface area contributed by atoms with Crippen LogP contribution in [-0.4, -0.2) is 60.4 Å². The Labute approximate surface area is 197 Å². The van der Waals surface area contributed by atoms with Gasteiger partial charge in [-0.1, -0.05) is 17.7 Å². The van der Waals surface area contributed by atoms with Crippen molar-refractivity contribution < 1.29 is 18.8 Å². The number of hydrogen-bond donors (Lipinski definition) is 1. The molecule has 0 spiro atoms. The van der Waals surface area contributed by atoms with Gasteiger partial charge in [-0.15, -0.1) is 0 Å². The molecule has 0 saturated carbocycles. The molecule has 4 rings (SSSR count). The number of nitrogens with one attached hydrogen (secondary N) is 1. The lowest BCUT2D eigenvalue weighted by atomic mass is 10.1. The van der Waals surface area contributed by atoms with Crippen LogP contribution in [0.1, 0.15) is 18.4 Å². The second kappa shape index (κ2) is 9.79. The summed E-state index contributed by atoms with van der Waals surface area (Å²) in [5.41, 5.74) is 1.63. The van der Waals surface area contributed by atoms with E-state index in [1.165, 1.54) is 11.0 Å². The van der Waals surface area contributed by atoms with Crippen molar-refractivity contribution in [3.63, 3.8) is 0 Å². The van der Waals surface area contributed by atoms with Crippen LogP contribution in [0.15, 0.2) is 42.5 Å². The van der Waals surface area contributed by atoms with Crippen molar-refractivity contribution in [3.8, 4) is 0 Å². The molecule has 2 aliphatic rings. The topological polar surface area (TPSA) is 73.0 Å². The number of urea groups is 1. The molecule has 33 heavy (non-hydrogen) atoms. The fourth-order valence-corrected chi connectivity index (χ4v) is 4.40. The molecular weight excluding hydrogens is 447 g/mol. The van der Waals surface area contributed by atoms with E-state index in [1.807, 2.05) is 0 Å². The van der Waals surface area contributed by atoms with E-state index in [9.17, 15) is 18.8 Å². The minimum absolute atomic E-state index is 0.0589. The highest BCUT2D eigenvalue weighted by Gasteiger charge is 2.38. The molecule has 2 heterocycles. The number of hydrogen-bond acceptors (Lipinski definition) is 3. The Morgan fingerprint density at radius 1 is 1.03 bits per heavy atom. The Hall–Kier alpha value is -3.13. The maximum atomic E-state index is 14.4. The SMILES string of the molecule is Cc1ccc(N2CC(C(=O)N3CCCN(C(=O)Nc4ccc(Cl)cc4)CC3)CC2=O)c(F)c1. The molecule has 1 unspecified atom stereocenters. The summed E-state index contributed by atoms with van der Waals surface area (Å²) in [4.78, 5) is 43.0. The number of carbonyl (C=O) groups is 3. The van der Waals surface area contributed by atoms with Crippen molar-refractivity contribution in [3.05, 3.63) is 58.9 Å². The summed E-state index contributed by atoms with van der Waals surface area (Å²) in [5, 5.41) is 3.43. The van der Waals surface area contributed by atoms with Crippen molar-refractivity contribution in [2.24, 2.45) is 5.92 Å². The van der Waals surface area contributed by atoms with Crippen LogP contribution in [-0.2, 0) is 9.59 Å². The normalized spacial score (nSPS) is 18.9. The maximum Gasteiger partial charge on any atom is 0.321 e. The molecular formula is C24H26ClFN4O3. The molecule has 4 amide bonds. The number of aryl methyl sites for hydroxylation is 1. The first-order valence-corrected chi connectivity index (χ1v) is 11.4. The summed E-state index contributed by atoms with van der Waals surface area (Å²) in [6, 6.07) is 11.3. The minimum atomic E-state index is -0.521. The number of benzene rings is 2. The van der Waals surface area contributed by atoms with Gasteiger partial charge in [0.05, 0.1) is 11.6 Å². The molecule has 0 aliphatic carbocycles. The number of halogens is 2. The molecule has 1 N–H and O–H groups in total. The van der Waals surface area contributed by atoms with Crippen molar-refractivity contribution in [1.29, 1.82) is 0 Å². The van der Waals surface area contributed by atoms with E-state index in [0.29, 0.717) is 43.3 Å². The standard InChI is InChI=1S/C24H26ClFN4O3/c1-16-3-8-21(20(26)13-16)30-15-17(14-22(30)31)23(32)28-9-2-10-29(12-11-28)24(33)27-19-6-4-18(25)5-7-19/h3-8,13,17H,2,9-12,14-15H2,1H3,(H,27,33). The predicted molar refractivity (Wildman–Crippen MR) is 125 cm³/mol. The molecule has 7 nitrogen and oxygen atoms in total. The highest BCUT2D eigenvalue weighted by molar-refractivity contribution is 6.30. The predicted octanol–water partition coefficient (Wildman–Crippen LogP) is 3.91. The highest BCUT2D eigenvalue weighted by atomic mass is 35.5. The van der Waals surface area contributed by atoms with Gasteiger partial charge >= 0.3 is 6.03 Å². The van der Waals surface area contributed by atoms with Crippen molar-refractivity contribution in [2.75, 3.05) is 42.9 Å². The van der Waals surface area contributed by atoms with E-state index in [4.69, 9.17) is 11.6 Å². The molecule has 9 heteroatoms. The first-order chi connectivity index (χ1) is 15.8. The molecule has 1 atom stereocenters. The summed E-state index contributed by atoms with van der Waals surface area (Å²) in [5.74, 6) is -1.37. The Balaban J connectivity index is 1.35. The molecule has 2 aliphatic heterocycles.